The smallest absolute Gasteiger partial charge is 0.254 e. The zero-order valence-corrected chi connectivity index (χ0v) is 11.9. The van der Waals surface area contributed by atoms with Crippen LogP contribution in [0.25, 0.3) is 0 Å². The maximum atomic E-state index is 11.5. The van der Waals surface area contributed by atoms with Gasteiger partial charge in [-0.15, -0.1) is 0 Å². The Morgan fingerprint density at radius 3 is 2.65 bits per heavy atom. The number of aromatic nitrogens is 1. The molecule has 1 aliphatic rings. The molecule has 1 aromatic heterocycles. The number of pyridine rings is 1. The zero-order valence-electron chi connectivity index (χ0n) is 10.3. The van der Waals surface area contributed by atoms with Crippen LogP contribution < -0.4 is 10.3 Å². The third-order valence-corrected chi connectivity index (χ3v) is 4.00. The molecule has 0 unspecified atom stereocenters. The van der Waals surface area contributed by atoms with Gasteiger partial charge in [-0.25, -0.2) is 0 Å². The van der Waals surface area contributed by atoms with Crippen molar-refractivity contribution >= 4 is 15.9 Å². The van der Waals surface area contributed by atoms with Crippen LogP contribution in [-0.4, -0.2) is 10.7 Å². The van der Waals surface area contributed by atoms with Crippen molar-refractivity contribution in [2.24, 2.45) is 13.0 Å². The van der Waals surface area contributed by atoms with Gasteiger partial charge in [-0.3, -0.25) is 4.79 Å². The average Bonchev–Trinajstić information content (AvgIpc) is 2.29. The highest BCUT2D eigenvalue weighted by Crippen LogP contribution is 2.29. The second-order valence-corrected chi connectivity index (χ2v) is 5.79. The highest BCUT2D eigenvalue weighted by molar-refractivity contribution is 9.10. The fraction of sp³-hybridized carbons (Fsp3) is 0.615. The maximum absolute atomic E-state index is 11.5. The molecule has 0 aromatic carbocycles. The minimum absolute atomic E-state index is 0.0348. The molecule has 4 heteroatoms. The van der Waals surface area contributed by atoms with Gasteiger partial charge < -0.3 is 9.30 Å². The molecule has 94 valence electrons. The van der Waals surface area contributed by atoms with Crippen molar-refractivity contribution < 1.29 is 4.74 Å². The molecule has 17 heavy (non-hydrogen) atoms. The largest absolute Gasteiger partial charge is 0.489 e. The summed E-state index contributed by atoms with van der Waals surface area (Å²) in [6, 6.07) is 1.56. The first-order chi connectivity index (χ1) is 8.06. The van der Waals surface area contributed by atoms with Gasteiger partial charge in [-0.1, -0.05) is 6.92 Å². The average molecular weight is 300 g/mol. The first kappa shape index (κ1) is 12.7. The Kier molecular flexibility index (Phi) is 3.92. The van der Waals surface area contributed by atoms with E-state index >= 15 is 0 Å². The minimum atomic E-state index is -0.0348. The molecule has 0 saturated heterocycles. The van der Waals surface area contributed by atoms with Crippen LogP contribution in [0.4, 0.5) is 0 Å². The van der Waals surface area contributed by atoms with Crippen molar-refractivity contribution in [3.05, 3.63) is 27.1 Å². The first-order valence-corrected chi connectivity index (χ1v) is 6.88. The van der Waals surface area contributed by atoms with Crippen molar-refractivity contribution in [2.75, 3.05) is 0 Å². The molecule has 0 amide bonds. The number of hydrogen-bond donors (Lipinski definition) is 0. The normalized spacial score (nSPS) is 24.6. The Morgan fingerprint density at radius 1 is 1.35 bits per heavy atom. The van der Waals surface area contributed by atoms with Crippen molar-refractivity contribution in [2.45, 2.75) is 38.7 Å². The maximum Gasteiger partial charge on any atom is 0.254 e. The monoisotopic (exact) mass is 299 g/mol. The minimum Gasteiger partial charge on any atom is -0.489 e. The third kappa shape index (κ3) is 3.12. The summed E-state index contributed by atoms with van der Waals surface area (Å²) in [6.07, 6.45) is 6.62. The van der Waals surface area contributed by atoms with E-state index in [4.69, 9.17) is 4.74 Å². The molecule has 1 heterocycles. The molecular formula is C13H18BrNO2. The molecule has 2 rings (SSSR count). The van der Waals surface area contributed by atoms with Crippen LogP contribution in [0.15, 0.2) is 21.5 Å². The van der Waals surface area contributed by atoms with Crippen LogP contribution in [0, 0.1) is 5.92 Å². The lowest BCUT2D eigenvalue weighted by Crippen LogP contribution is -2.24. The summed E-state index contributed by atoms with van der Waals surface area (Å²) in [5.74, 6) is 1.48. The van der Waals surface area contributed by atoms with Crippen LogP contribution in [0.1, 0.15) is 32.6 Å². The Balaban J connectivity index is 2.08. The van der Waals surface area contributed by atoms with Crippen LogP contribution in [-0.2, 0) is 7.05 Å². The van der Waals surface area contributed by atoms with Crippen LogP contribution >= 0.6 is 15.9 Å². The van der Waals surface area contributed by atoms with Gasteiger partial charge in [0.05, 0.1) is 10.6 Å². The lowest BCUT2D eigenvalue weighted by molar-refractivity contribution is 0.134. The molecular weight excluding hydrogens is 282 g/mol. The number of aryl methyl sites for hydroxylation is 1. The number of rotatable bonds is 2. The van der Waals surface area contributed by atoms with E-state index in [2.05, 4.69) is 22.9 Å². The quantitative estimate of drug-likeness (QED) is 0.840. The van der Waals surface area contributed by atoms with Gasteiger partial charge in [-0.05, 0) is 47.5 Å². The second-order valence-electron chi connectivity index (χ2n) is 4.93. The molecule has 0 spiro atoms. The Hall–Kier alpha value is -0.770. The van der Waals surface area contributed by atoms with E-state index in [1.165, 1.54) is 12.8 Å². The summed E-state index contributed by atoms with van der Waals surface area (Å²) in [6.45, 7) is 2.28. The lowest BCUT2D eigenvalue weighted by atomic mass is 9.89. The van der Waals surface area contributed by atoms with E-state index in [1.54, 1.807) is 23.9 Å². The highest BCUT2D eigenvalue weighted by Gasteiger charge is 2.20. The van der Waals surface area contributed by atoms with E-state index in [0.717, 1.165) is 23.2 Å². The third-order valence-electron chi connectivity index (χ3n) is 3.40. The Bertz CT molecular complexity index is 447. The van der Waals surface area contributed by atoms with Gasteiger partial charge in [0.1, 0.15) is 5.75 Å². The molecule has 0 bridgehead atoms. The zero-order chi connectivity index (χ0) is 12.4. The second kappa shape index (κ2) is 5.25. The van der Waals surface area contributed by atoms with E-state index in [9.17, 15) is 4.79 Å². The fourth-order valence-electron chi connectivity index (χ4n) is 2.20. The summed E-state index contributed by atoms with van der Waals surface area (Å²) < 4.78 is 8.30. The SMILES string of the molecule is CC1CCC(Oc2cc(=O)n(C)cc2Br)CC1. The van der Waals surface area contributed by atoms with E-state index in [1.807, 2.05) is 0 Å². The van der Waals surface area contributed by atoms with Crippen LogP contribution in [0.2, 0.25) is 0 Å². The highest BCUT2D eigenvalue weighted by atomic mass is 79.9. The number of ether oxygens (including phenoxy) is 1. The lowest BCUT2D eigenvalue weighted by Gasteiger charge is -2.27. The first-order valence-electron chi connectivity index (χ1n) is 6.09. The fourth-order valence-corrected chi connectivity index (χ4v) is 2.71. The van der Waals surface area contributed by atoms with Crippen LogP contribution in [0.3, 0.4) is 0 Å². The summed E-state index contributed by atoms with van der Waals surface area (Å²) >= 11 is 3.44. The summed E-state index contributed by atoms with van der Waals surface area (Å²) in [4.78, 5) is 11.5. The molecule has 1 aromatic rings. The summed E-state index contributed by atoms with van der Waals surface area (Å²) in [5.41, 5.74) is -0.0348. The van der Waals surface area contributed by atoms with Gasteiger partial charge >= 0.3 is 0 Å². The van der Waals surface area contributed by atoms with Crippen molar-refractivity contribution in [1.82, 2.24) is 4.57 Å². The number of nitrogens with zero attached hydrogens (tertiary/aromatic N) is 1. The molecule has 1 saturated carbocycles. The van der Waals surface area contributed by atoms with Gasteiger partial charge in [0.25, 0.3) is 5.56 Å². The van der Waals surface area contributed by atoms with Crippen molar-refractivity contribution in [1.29, 1.82) is 0 Å². The number of halogens is 1. The topological polar surface area (TPSA) is 31.2 Å². The summed E-state index contributed by atoms with van der Waals surface area (Å²) in [7, 11) is 1.74. The molecule has 0 aliphatic heterocycles. The Labute approximate surface area is 110 Å². The molecule has 0 radical (unpaired) electrons. The summed E-state index contributed by atoms with van der Waals surface area (Å²) in [5, 5.41) is 0. The van der Waals surface area contributed by atoms with Gasteiger partial charge in [0.2, 0.25) is 0 Å². The van der Waals surface area contributed by atoms with Crippen LogP contribution in [0.5, 0.6) is 5.75 Å². The number of hydrogen-bond acceptors (Lipinski definition) is 2. The predicted octanol–water partition coefficient (Wildman–Crippen LogP) is 3.11. The van der Waals surface area contributed by atoms with E-state index in [-0.39, 0.29) is 11.7 Å². The molecule has 1 fully saturated rings. The van der Waals surface area contributed by atoms with Gasteiger partial charge in [0, 0.05) is 19.3 Å². The molecule has 1 aliphatic carbocycles. The predicted molar refractivity (Wildman–Crippen MR) is 71.4 cm³/mol. The standard InChI is InChI=1S/C13H18BrNO2/c1-9-3-5-10(6-4-9)17-12-7-13(16)15(2)8-11(12)14/h7-10H,3-6H2,1-2H3. The van der Waals surface area contributed by atoms with Gasteiger partial charge in [0.15, 0.2) is 0 Å². The van der Waals surface area contributed by atoms with Crippen molar-refractivity contribution in [3.8, 4) is 5.75 Å². The van der Waals surface area contributed by atoms with Gasteiger partial charge in [-0.2, -0.15) is 0 Å². The molecule has 3 nitrogen and oxygen atoms in total. The van der Waals surface area contributed by atoms with E-state index < -0.39 is 0 Å². The van der Waals surface area contributed by atoms with E-state index in [0.29, 0.717) is 5.75 Å². The van der Waals surface area contributed by atoms with Crippen molar-refractivity contribution in [3.63, 3.8) is 0 Å². The Morgan fingerprint density at radius 2 is 2.00 bits per heavy atom. The molecule has 0 N–H and O–H groups in total. The molecule has 0 atom stereocenters.